The largest absolute Gasteiger partial charge is 0.322 e. The van der Waals surface area contributed by atoms with Crippen molar-refractivity contribution in [3.8, 4) is 0 Å². The van der Waals surface area contributed by atoms with E-state index in [9.17, 15) is 13.6 Å². The zero-order valence-corrected chi connectivity index (χ0v) is 14.2. The Labute approximate surface area is 150 Å². The molecule has 0 bridgehead atoms. The lowest BCUT2D eigenvalue weighted by Gasteiger charge is -2.09. The molecular formula is C22H17F2NO. The first-order chi connectivity index (χ1) is 12.5. The van der Waals surface area contributed by atoms with E-state index >= 15 is 0 Å². The lowest BCUT2D eigenvalue weighted by molar-refractivity contribution is 0.102. The van der Waals surface area contributed by atoms with Gasteiger partial charge in [0.1, 0.15) is 11.6 Å². The summed E-state index contributed by atoms with van der Waals surface area (Å²) in [6.45, 7) is 1.90. The van der Waals surface area contributed by atoms with Crippen LogP contribution in [0.2, 0.25) is 0 Å². The lowest BCUT2D eigenvalue weighted by Crippen LogP contribution is -2.12. The van der Waals surface area contributed by atoms with Crippen LogP contribution in [-0.4, -0.2) is 5.91 Å². The smallest absolute Gasteiger partial charge is 0.255 e. The maximum Gasteiger partial charge on any atom is 0.255 e. The normalized spacial score (nSPS) is 10.9. The minimum atomic E-state index is -0.619. The van der Waals surface area contributed by atoms with E-state index in [1.807, 2.05) is 31.2 Å². The van der Waals surface area contributed by atoms with Crippen LogP contribution in [0.1, 0.15) is 27.0 Å². The fourth-order valence-electron chi connectivity index (χ4n) is 2.48. The van der Waals surface area contributed by atoms with Crippen LogP contribution >= 0.6 is 0 Å². The highest BCUT2D eigenvalue weighted by Crippen LogP contribution is 2.20. The highest BCUT2D eigenvalue weighted by molar-refractivity contribution is 6.04. The Bertz CT molecular complexity index is 965. The van der Waals surface area contributed by atoms with Crippen LogP contribution in [0.15, 0.2) is 66.7 Å². The van der Waals surface area contributed by atoms with Crippen molar-refractivity contribution >= 4 is 23.7 Å². The average molecular weight is 349 g/mol. The molecule has 3 aromatic rings. The van der Waals surface area contributed by atoms with Gasteiger partial charge in [-0.15, -0.1) is 0 Å². The quantitative estimate of drug-likeness (QED) is 0.602. The predicted octanol–water partition coefficient (Wildman–Crippen LogP) is 5.70. The van der Waals surface area contributed by atoms with E-state index in [4.69, 9.17) is 0 Å². The summed E-state index contributed by atoms with van der Waals surface area (Å²) in [5.41, 5.74) is 3.26. The molecule has 0 fully saturated rings. The van der Waals surface area contributed by atoms with Crippen molar-refractivity contribution in [3.05, 3.63) is 101 Å². The van der Waals surface area contributed by atoms with E-state index in [0.717, 1.165) is 17.2 Å². The standard InChI is InChI=1S/C22H17F2NO/c1-15-7-8-16(9-10-17-11-12-19(23)14-20(17)24)13-21(15)25-22(26)18-5-3-2-4-6-18/h2-14H,1H3,(H,25,26)/b10-9+. The third kappa shape index (κ3) is 4.22. The molecule has 0 aliphatic heterocycles. The minimum Gasteiger partial charge on any atom is -0.322 e. The molecule has 0 atom stereocenters. The second-order valence-corrected chi connectivity index (χ2v) is 5.89. The zero-order chi connectivity index (χ0) is 18.5. The molecule has 1 amide bonds. The summed E-state index contributed by atoms with van der Waals surface area (Å²) in [6, 6.07) is 17.9. The topological polar surface area (TPSA) is 29.1 Å². The summed E-state index contributed by atoms with van der Waals surface area (Å²) >= 11 is 0. The van der Waals surface area contributed by atoms with Crippen molar-refractivity contribution in [1.29, 1.82) is 0 Å². The monoisotopic (exact) mass is 349 g/mol. The molecule has 0 aromatic heterocycles. The molecule has 26 heavy (non-hydrogen) atoms. The first-order valence-corrected chi connectivity index (χ1v) is 8.13. The lowest BCUT2D eigenvalue weighted by atomic mass is 10.1. The maximum absolute atomic E-state index is 13.7. The van der Waals surface area contributed by atoms with Crippen molar-refractivity contribution in [2.45, 2.75) is 6.92 Å². The number of carbonyl (C=O) groups excluding carboxylic acids is 1. The summed E-state index contributed by atoms with van der Waals surface area (Å²) < 4.78 is 26.7. The SMILES string of the molecule is Cc1ccc(/C=C/c2ccc(F)cc2F)cc1NC(=O)c1ccccc1. The Kier molecular flexibility index (Phi) is 5.23. The average Bonchev–Trinajstić information content (AvgIpc) is 2.64. The molecule has 0 spiro atoms. The van der Waals surface area contributed by atoms with E-state index in [0.29, 0.717) is 16.8 Å². The summed E-state index contributed by atoms with van der Waals surface area (Å²) in [5.74, 6) is -1.42. The van der Waals surface area contributed by atoms with Crippen molar-refractivity contribution in [2.75, 3.05) is 5.32 Å². The van der Waals surface area contributed by atoms with Gasteiger partial charge in [-0.3, -0.25) is 4.79 Å². The van der Waals surface area contributed by atoms with Crippen molar-refractivity contribution < 1.29 is 13.6 Å². The number of anilines is 1. The molecule has 0 saturated heterocycles. The van der Waals surface area contributed by atoms with Gasteiger partial charge in [0.15, 0.2) is 0 Å². The number of halogens is 2. The van der Waals surface area contributed by atoms with Gasteiger partial charge in [-0.25, -0.2) is 8.78 Å². The van der Waals surface area contributed by atoms with Crippen LogP contribution in [0, 0.1) is 18.6 Å². The molecule has 130 valence electrons. The van der Waals surface area contributed by atoms with Gasteiger partial charge in [0.2, 0.25) is 0 Å². The van der Waals surface area contributed by atoms with Gasteiger partial charge in [0, 0.05) is 22.9 Å². The van der Waals surface area contributed by atoms with E-state index in [1.165, 1.54) is 12.1 Å². The van der Waals surface area contributed by atoms with Gasteiger partial charge in [-0.2, -0.15) is 0 Å². The van der Waals surface area contributed by atoms with Crippen LogP contribution in [0.25, 0.3) is 12.2 Å². The van der Waals surface area contributed by atoms with Gasteiger partial charge >= 0.3 is 0 Å². The summed E-state index contributed by atoms with van der Waals surface area (Å²) in [5, 5.41) is 2.89. The van der Waals surface area contributed by atoms with E-state index in [2.05, 4.69) is 5.32 Å². The van der Waals surface area contributed by atoms with Gasteiger partial charge < -0.3 is 5.32 Å². The van der Waals surface area contributed by atoms with Crippen LogP contribution in [0.4, 0.5) is 14.5 Å². The summed E-state index contributed by atoms with van der Waals surface area (Å²) in [7, 11) is 0. The first-order valence-electron chi connectivity index (χ1n) is 8.13. The second kappa shape index (κ2) is 7.74. The Hall–Kier alpha value is -3.27. The molecule has 0 aliphatic carbocycles. The molecule has 0 saturated carbocycles. The highest BCUT2D eigenvalue weighted by Gasteiger charge is 2.07. The van der Waals surface area contributed by atoms with Crippen LogP contribution in [0.3, 0.4) is 0 Å². The zero-order valence-electron chi connectivity index (χ0n) is 14.2. The number of hydrogen-bond acceptors (Lipinski definition) is 1. The Morgan fingerprint density at radius 2 is 1.69 bits per heavy atom. The number of benzene rings is 3. The Balaban J connectivity index is 1.81. The number of carbonyl (C=O) groups is 1. The molecule has 1 N–H and O–H groups in total. The van der Waals surface area contributed by atoms with Gasteiger partial charge in [0.05, 0.1) is 0 Å². The van der Waals surface area contributed by atoms with E-state index in [1.54, 1.807) is 36.4 Å². The minimum absolute atomic E-state index is 0.195. The predicted molar refractivity (Wildman–Crippen MR) is 101 cm³/mol. The Morgan fingerprint density at radius 3 is 2.42 bits per heavy atom. The maximum atomic E-state index is 13.7. The van der Waals surface area contributed by atoms with Crippen LogP contribution < -0.4 is 5.32 Å². The Morgan fingerprint density at radius 1 is 0.923 bits per heavy atom. The molecule has 3 rings (SSSR count). The van der Waals surface area contributed by atoms with E-state index in [-0.39, 0.29) is 5.91 Å². The van der Waals surface area contributed by atoms with E-state index < -0.39 is 11.6 Å². The fourth-order valence-corrected chi connectivity index (χ4v) is 2.48. The fraction of sp³-hybridized carbons (Fsp3) is 0.0455. The molecular weight excluding hydrogens is 332 g/mol. The number of hydrogen-bond donors (Lipinski definition) is 1. The third-order valence-corrected chi connectivity index (χ3v) is 3.96. The molecule has 0 aliphatic rings. The van der Waals surface area contributed by atoms with Crippen molar-refractivity contribution in [2.24, 2.45) is 0 Å². The third-order valence-electron chi connectivity index (χ3n) is 3.96. The van der Waals surface area contributed by atoms with Crippen LogP contribution in [0.5, 0.6) is 0 Å². The molecule has 0 heterocycles. The first kappa shape index (κ1) is 17.5. The molecule has 0 radical (unpaired) electrons. The number of rotatable bonds is 4. The molecule has 0 unspecified atom stereocenters. The molecule has 4 heteroatoms. The number of amides is 1. The van der Waals surface area contributed by atoms with Crippen LogP contribution in [-0.2, 0) is 0 Å². The van der Waals surface area contributed by atoms with Gasteiger partial charge in [-0.1, -0.05) is 42.5 Å². The van der Waals surface area contributed by atoms with Gasteiger partial charge in [-0.05, 0) is 48.4 Å². The molecule has 3 aromatic carbocycles. The second-order valence-electron chi connectivity index (χ2n) is 5.89. The summed E-state index contributed by atoms with van der Waals surface area (Å²) in [6.07, 6.45) is 3.29. The molecule has 2 nitrogen and oxygen atoms in total. The highest BCUT2D eigenvalue weighted by atomic mass is 19.1. The van der Waals surface area contributed by atoms with Crippen molar-refractivity contribution in [1.82, 2.24) is 0 Å². The van der Waals surface area contributed by atoms with Crippen molar-refractivity contribution in [3.63, 3.8) is 0 Å². The summed E-state index contributed by atoms with van der Waals surface area (Å²) in [4.78, 5) is 12.3. The van der Waals surface area contributed by atoms with Gasteiger partial charge in [0.25, 0.3) is 5.91 Å². The number of nitrogens with one attached hydrogen (secondary N) is 1. The number of aryl methyl sites for hydroxylation is 1.